The lowest BCUT2D eigenvalue weighted by Crippen LogP contribution is -2.09. The third kappa shape index (κ3) is 12.8. The fraction of sp³-hybridized carbons (Fsp3) is 0.696. The molecule has 1 aromatic rings. The molecule has 0 heterocycles. The molecule has 0 aromatic heterocycles. The van der Waals surface area contributed by atoms with E-state index in [1.165, 1.54) is 70.6 Å². The molecule has 3 heteroatoms. The highest BCUT2D eigenvalue weighted by Gasteiger charge is 2.04. The second kappa shape index (κ2) is 15.7. The Balaban J connectivity index is 1.83. The zero-order valence-corrected chi connectivity index (χ0v) is 16.7. The summed E-state index contributed by atoms with van der Waals surface area (Å²) in [6.45, 7) is 2.79. The number of rotatable bonds is 16. The first-order valence-electron chi connectivity index (χ1n) is 10.7. The van der Waals surface area contributed by atoms with Gasteiger partial charge in [0.1, 0.15) is 5.75 Å². The monoisotopic (exact) mass is 362 g/mol. The third-order valence-corrected chi connectivity index (χ3v) is 4.80. The smallest absolute Gasteiger partial charge is 0.310 e. The summed E-state index contributed by atoms with van der Waals surface area (Å²) in [6.07, 6.45) is 17.4. The number of carbonyl (C=O) groups excluding carboxylic acids is 1. The Morgan fingerprint density at radius 3 is 1.73 bits per heavy atom. The van der Waals surface area contributed by atoms with Gasteiger partial charge in [0.15, 0.2) is 0 Å². The number of unbranched alkanes of at least 4 members (excludes halogenated alkanes) is 12. The molecule has 3 nitrogen and oxygen atoms in total. The Bertz CT molecular complexity index is 453. The summed E-state index contributed by atoms with van der Waals surface area (Å²) >= 11 is 0. The second-order valence-electron chi connectivity index (χ2n) is 7.31. The fourth-order valence-electron chi connectivity index (χ4n) is 3.14. The highest BCUT2D eigenvalue weighted by atomic mass is 16.5. The Kier molecular flexibility index (Phi) is 13.6. The number of hydrogen-bond donors (Lipinski definition) is 1. The third-order valence-electron chi connectivity index (χ3n) is 4.80. The number of esters is 1. The van der Waals surface area contributed by atoms with Crippen molar-refractivity contribution >= 4 is 5.97 Å². The molecule has 0 radical (unpaired) electrons. The van der Waals surface area contributed by atoms with Crippen LogP contribution in [-0.4, -0.2) is 17.7 Å². The topological polar surface area (TPSA) is 46.5 Å². The van der Waals surface area contributed by atoms with Gasteiger partial charge in [0.05, 0.1) is 13.0 Å². The average molecular weight is 363 g/mol. The van der Waals surface area contributed by atoms with Crippen LogP contribution < -0.4 is 0 Å². The summed E-state index contributed by atoms with van der Waals surface area (Å²) in [5.41, 5.74) is 0.873. The van der Waals surface area contributed by atoms with Crippen molar-refractivity contribution in [3.63, 3.8) is 0 Å². The van der Waals surface area contributed by atoms with E-state index in [0.717, 1.165) is 18.4 Å². The molecule has 0 bridgehead atoms. The lowest BCUT2D eigenvalue weighted by atomic mass is 10.0. The van der Waals surface area contributed by atoms with Crippen molar-refractivity contribution < 1.29 is 14.6 Å². The van der Waals surface area contributed by atoms with Gasteiger partial charge in [-0.2, -0.15) is 0 Å². The summed E-state index contributed by atoms with van der Waals surface area (Å²) in [5.74, 6) is 0.0312. The number of hydrogen-bond acceptors (Lipinski definition) is 3. The van der Waals surface area contributed by atoms with Crippen molar-refractivity contribution in [2.24, 2.45) is 0 Å². The molecule has 0 aliphatic carbocycles. The number of phenols is 1. The molecule has 0 saturated heterocycles. The van der Waals surface area contributed by atoms with Crippen LogP contribution in [0.25, 0.3) is 0 Å². The molecular formula is C23H38O3. The van der Waals surface area contributed by atoms with Gasteiger partial charge in [-0.1, -0.05) is 96.1 Å². The molecule has 0 spiro atoms. The first-order valence-corrected chi connectivity index (χ1v) is 10.7. The molecule has 0 amide bonds. The van der Waals surface area contributed by atoms with E-state index in [9.17, 15) is 9.90 Å². The lowest BCUT2D eigenvalue weighted by Gasteiger charge is -2.05. The van der Waals surface area contributed by atoms with Crippen molar-refractivity contribution in [2.75, 3.05) is 6.61 Å². The van der Waals surface area contributed by atoms with Crippen LogP contribution >= 0.6 is 0 Å². The van der Waals surface area contributed by atoms with Gasteiger partial charge in [-0.25, -0.2) is 0 Å². The normalized spacial score (nSPS) is 10.8. The van der Waals surface area contributed by atoms with Crippen molar-refractivity contribution in [3.8, 4) is 5.75 Å². The molecule has 1 N–H and O–H groups in total. The molecular weight excluding hydrogens is 324 g/mol. The minimum absolute atomic E-state index is 0.186. The van der Waals surface area contributed by atoms with Crippen LogP contribution in [0.4, 0.5) is 0 Å². The Morgan fingerprint density at radius 1 is 0.769 bits per heavy atom. The molecule has 0 atom stereocenters. The van der Waals surface area contributed by atoms with Gasteiger partial charge in [-0.05, 0) is 24.1 Å². The van der Waals surface area contributed by atoms with Gasteiger partial charge in [-0.15, -0.1) is 0 Å². The van der Waals surface area contributed by atoms with Crippen molar-refractivity contribution in [1.82, 2.24) is 0 Å². The van der Waals surface area contributed by atoms with Gasteiger partial charge in [0.25, 0.3) is 0 Å². The highest BCUT2D eigenvalue weighted by Crippen LogP contribution is 2.13. The van der Waals surface area contributed by atoms with Crippen LogP contribution in [0.1, 0.15) is 96.0 Å². The van der Waals surface area contributed by atoms with Gasteiger partial charge >= 0.3 is 5.97 Å². The number of aromatic hydroxyl groups is 1. The van der Waals surface area contributed by atoms with Gasteiger partial charge < -0.3 is 9.84 Å². The predicted octanol–water partition coefficient (Wildman–Crippen LogP) is 6.57. The van der Waals surface area contributed by atoms with Gasteiger partial charge in [0, 0.05) is 0 Å². The molecule has 0 saturated carbocycles. The van der Waals surface area contributed by atoms with Crippen LogP contribution in [0.3, 0.4) is 0 Å². The predicted molar refractivity (Wildman–Crippen MR) is 108 cm³/mol. The first-order chi connectivity index (χ1) is 12.7. The average Bonchev–Trinajstić information content (AvgIpc) is 2.64. The lowest BCUT2D eigenvalue weighted by molar-refractivity contribution is -0.142. The maximum Gasteiger partial charge on any atom is 0.310 e. The largest absolute Gasteiger partial charge is 0.508 e. The van der Waals surface area contributed by atoms with Crippen LogP contribution in [0.2, 0.25) is 0 Å². The number of ether oxygens (including phenoxy) is 1. The Labute approximate surface area is 160 Å². The Morgan fingerprint density at radius 2 is 1.23 bits per heavy atom. The van der Waals surface area contributed by atoms with E-state index >= 15 is 0 Å². The number of phenolic OH excluding ortho intramolecular Hbond substituents is 1. The Hall–Kier alpha value is -1.51. The summed E-state index contributed by atoms with van der Waals surface area (Å²) < 4.78 is 5.27. The molecule has 148 valence electrons. The molecule has 0 fully saturated rings. The van der Waals surface area contributed by atoms with Crippen LogP contribution in [0.5, 0.6) is 5.75 Å². The summed E-state index contributed by atoms with van der Waals surface area (Å²) in [7, 11) is 0. The van der Waals surface area contributed by atoms with E-state index in [1.807, 2.05) is 0 Å². The van der Waals surface area contributed by atoms with E-state index < -0.39 is 0 Å². The van der Waals surface area contributed by atoms with Crippen molar-refractivity contribution in [1.29, 1.82) is 0 Å². The van der Waals surface area contributed by atoms with Gasteiger partial charge in [0.2, 0.25) is 0 Å². The zero-order valence-electron chi connectivity index (χ0n) is 16.7. The molecule has 1 rings (SSSR count). The minimum atomic E-state index is -0.186. The van der Waals surface area contributed by atoms with Gasteiger partial charge in [-0.3, -0.25) is 4.79 Å². The zero-order chi connectivity index (χ0) is 18.9. The van der Waals surface area contributed by atoms with Crippen LogP contribution in [0, 0.1) is 0 Å². The van der Waals surface area contributed by atoms with Crippen molar-refractivity contribution in [2.45, 2.75) is 96.8 Å². The molecule has 1 aromatic carbocycles. The molecule has 0 aliphatic rings. The SMILES string of the molecule is CCCCCCCCCCCCCCCOC(=O)Cc1ccc(O)cc1. The van der Waals surface area contributed by atoms with E-state index in [0.29, 0.717) is 6.61 Å². The highest BCUT2D eigenvalue weighted by molar-refractivity contribution is 5.72. The van der Waals surface area contributed by atoms with E-state index in [2.05, 4.69) is 6.92 Å². The van der Waals surface area contributed by atoms with E-state index in [4.69, 9.17) is 4.74 Å². The minimum Gasteiger partial charge on any atom is -0.508 e. The van der Waals surface area contributed by atoms with Crippen LogP contribution in [-0.2, 0) is 16.0 Å². The second-order valence-corrected chi connectivity index (χ2v) is 7.31. The quantitative estimate of drug-likeness (QED) is 0.267. The molecule has 26 heavy (non-hydrogen) atoms. The summed E-state index contributed by atoms with van der Waals surface area (Å²) in [4.78, 5) is 11.7. The van der Waals surface area contributed by atoms with E-state index in [-0.39, 0.29) is 18.1 Å². The van der Waals surface area contributed by atoms with Crippen molar-refractivity contribution in [3.05, 3.63) is 29.8 Å². The number of benzene rings is 1. The summed E-state index contributed by atoms with van der Waals surface area (Å²) in [6, 6.07) is 6.69. The molecule has 0 unspecified atom stereocenters. The first kappa shape index (κ1) is 22.5. The summed E-state index contributed by atoms with van der Waals surface area (Å²) in [5, 5.41) is 9.22. The molecule has 0 aliphatic heterocycles. The number of carbonyl (C=O) groups is 1. The fourth-order valence-corrected chi connectivity index (χ4v) is 3.14. The van der Waals surface area contributed by atoms with E-state index in [1.54, 1.807) is 24.3 Å². The maximum absolute atomic E-state index is 11.7. The standard InChI is InChI=1S/C23H38O3/c1-2-3-4-5-6-7-8-9-10-11-12-13-14-19-26-23(25)20-21-15-17-22(24)18-16-21/h15-18,24H,2-14,19-20H2,1H3. The van der Waals surface area contributed by atoms with Crippen LogP contribution in [0.15, 0.2) is 24.3 Å². The maximum atomic E-state index is 11.7.